The number of hydrogen-bond acceptors (Lipinski definition) is 4. The van der Waals surface area contributed by atoms with Gasteiger partial charge in [-0.25, -0.2) is 10.1 Å². The molecule has 7 nitrogen and oxygen atoms in total. The molecule has 0 bridgehead atoms. The number of nitrogens with zero attached hydrogens (tertiary/aromatic N) is 3. The van der Waals surface area contributed by atoms with Crippen molar-refractivity contribution in [1.29, 1.82) is 0 Å². The number of amides is 1. The summed E-state index contributed by atoms with van der Waals surface area (Å²) < 4.78 is 1.79. The molecule has 0 aromatic carbocycles. The van der Waals surface area contributed by atoms with Gasteiger partial charge in [0, 0.05) is 24.7 Å². The molecule has 94 valence electrons. The lowest BCUT2D eigenvalue weighted by Crippen LogP contribution is -2.17. The Labute approximate surface area is 106 Å². The fraction of sp³-hybridized carbons (Fsp3) is 0. The number of nitrogens with one attached hydrogen (secondary N) is 2. The number of anilines is 1. The molecule has 3 aromatic heterocycles. The highest BCUT2D eigenvalue weighted by Crippen LogP contribution is 2.10. The Morgan fingerprint density at radius 1 is 1.26 bits per heavy atom. The summed E-state index contributed by atoms with van der Waals surface area (Å²) in [6, 6.07) is 6.15. The number of rotatable bonds is 2. The van der Waals surface area contributed by atoms with Crippen molar-refractivity contribution in [2.75, 3.05) is 5.32 Å². The van der Waals surface area contributed by atoms with Crippen LogP contribution in [0, 0.1) is 0 Å². The predicted molar refractivity (Wildman–Crippen MR) is 68.0 cm³/mol. The first-order valence-corrected chi connectivity index (χ1v) is 5.52. The number of carbonyl (C=O) groups is 1. The molecule has 0 fully saturated rings. The maximum Gasteiger partial charge on any atom is 0.276 e. The maximum atomic E-state index is 11.9. The Kier molecular flexibility index (Phi) is 2.57. The second kappa shape index (κ2) is 4.37. The molecule has 0 aliphatic heterocycles. The standard InChI is InChI=1S/C12H9N5O2/c18-11-4-2-9(15-16-11)12(19)14-8-1-3-10-13-5-6-17(10)7-8/h1-7H,(H,14,19)(H,16,18). The van der Waals surface area contributed by atoms with Gasteiger partial charge in [-0.1, -0.05) is 0 Å². The summed E-state index contributed by atoms with van der Waals surface area (Å²) in [7, 11) is 0. The van der Waals surface area contributed by atoms with Gasteiger partial charge in [-0.15, -0.1) is 0 Å². The molecule has 19 heavy (non-hydrogen) atoms. The van der Waals surface area contributed by atoms with Crippen LogP contribution in [0.5, 0.6) is 0 Å². The van der Waals surface area contributed by atoms with E-state index < -0.39 is 5.91 Å². The normalized spacial score (nSPS) is 10.5. The third kappa shape index (κ3) is 2.21. The van der Waals surface area contributed by atoms with Gasteiger partial charge in [0.2, 0.25) is 0 Å². The first kappa shape index (κ1) is 11.1. The quantitative estimate of drug-likeness (QED) is 0.704. The molecule has 3 rings (SSSR count). The zero-order chi connectivity index (χ0) is 13.2. The number of aromatic amines is 1. The fourth-order valence-corrected chi connectivity index (χ4v) is 1.66. The molecule has 3 aromatic rings. The zero-order valence-electron chi connectivity index (χ0n) is 9.70. The van der Waals surface area contributed by atoms with Crippen LogP contribution in [0.25, 0.3) is 5.65 Å². The van der Waals surface area contributed by atoms with Crippen molar-refractivity contribution in [3.63, 3.8) is 0 Å². The minimum atomic E-state index is -0.393. The molecule has 0 spiro atoms. The first-order valence-electron chi connectivity index (χ1n) is 5.52. The van der Waals surface area contributed by atoms with Crippen molar-refractivity contribution in [2.24, 2.45) is 0 Å². The zero-order valence-corrected chi connectivity index (χ0v) is 9.70. The van der Waals surface area contributed by atoms with Crippen molar-refractivity contribution in [1.82, 2.24) is 19.6 Å². The number of fused-ring (bicyclic) bond motifs is 1. The van der Waals surface area contributed by atoms with E-state index in [4.69, 9.17) is 0 Å². The third-order valence-electron chi connectivity index (χ3n) is 2.56. The van der Waals surface area contributed by atoms with Crippen LogP contribution in [0.4, 0.5) is 5.69 Å². The average Bonchev–Trinajstić information content (AvgIpc) is 2.87. The van der Waals surface area contributed by atoms with E-state index in [2.05, 4.69) is 20.5 Å². The van der Waals surface area contributed by atoms with E-state index in [0.717, 1.165) is 5.65 Å². The Morgan fingerprint density at radius 2 is 2.16 bits per heavy atom. The summed E-state index contributed by atoms with van der Waals surface area (Å²) in [4.78, 5) is 26.8. The van der Waals surface area contributed by atoms with Gasteiger partial charge in [0.25, 0.3) is 11.5 Å². The van der Waals surface area contributed by atoms with Gasteiger partial charge < -0.3 is 9.72 Å². The minimum absolute atomic E-state index is 0.144. The van der Waals surface area contributed by atoms with Crippen LogP contribution in [0.2, 0.25) is 0 Å². The summed E-state index contributed by atoms with van der Waals surface area (Å²) in [6.45, 7) is 0. The van der Waals surface area contributed by atoms with Crippen molar-refractivity contribution < 1.29 is 4.79 Å². The smallest absolute Gasteiger partial charge is 0.276 e. The van der Waals surface area contributed by atoms with Gasteiger partial charge in [0.1, 0.15) is 11.3 Å². The third-order valence-corrected chi connectivity index (χ3v) is 2.56. The van der Waals surface area contributed by atoms with E-state index in [1.807, 2.05) is 0 Å². The van der Waals surface area contributed by atoms with E-state index in [1.54, 1.807) is 35.1 Å². The fourth-order valence-electron chi connectivity index (χ4n) is 1.66. The molecule has 0 saturated carbocycles. The predicted octanol–water partition coefficient (Wildman–Crippen LogP) is 0.670. The summed E-state index contributed by atoms with van der Waals surface area (Å²) in [5.74, 6) is -0.393. The molecule has 0 radical (unpaired) electrons. The Bertz CT molecular complexity index is 784. The Morgan fingerprint density at radius 3 is 2.95 bits per heavy atom. The summed E-state index contributed by atoms with van der Waals surface area (Å²) in [5, 5.41) is 8.56. The highest BCUT2D eigenvalue weighted by atomic mass is 16.2. The van der Waals surface area contributed by atoms with Crippen molar-refractivity contribution >= 4 is 17.2 Å². The lowest BCUT2D eigenvalue weighted by atomic mass is 10.3. The summed E-state index contributed by atoms with van der Waals surface area (Å²) >= 11 is 0. The SMILES string of the molecule is O=C(Nc1ccc2nccn2c1)c1ccc(=O)[nH]n1. The number of imidazole rings is 1. The maximum absolute atomic E-state index is 11.9. The van der Waals surface area contributed by atoms with Gasteiger partial charge in [-0.2, -0.15) is 5.10 Å². The van der Waals surface area contributed by atoms with Gasteiger partial charge in [0.05, 0.1) is 5.69 Å². The highest BCUT2D eigenvalue weighted by Gasteiger charge is 2.08. The van der Waals surface area contributed by atoms with Crippen LogP contribution < -0.4 is 10.9 Å². The van der Waals surface area contributed by atoms with E-state index in [1.165, 1.54) is 12.1 Å². The number of H-pyrrole nitrogens is 1. The average molecular weight is 255 g/mol. The largest absolute Gasteiger partial charge is 0.319 e. The molecule has 3 heterocycles. The van der Waals surface area contributed by atoms with Gasteiger partial charge >= 0.3 is 0 Å². The second-order valence-corrected chi connectivity index (χ2v) is 3.87. The molecule has 1 amide bonds. The number of aromatic nitrogens is 4. The van der Waals surface area contributed by atoms with Crippen LogP contribution >= 0.6 is 0 Å². The van der Waals surface area contributed by atoms with Crippen molar-refractivity contribution in [3.05, 3.63) is 58.9 Å². The second-order valence-electron chi connectivity index (χ2n) is 3.87. The molecular weight excluding hydrogens is 246 g/mol. The number of pyridine rings is 1. The number of carbonyl (C=O) groups excluding carboxylic acids is 1. The minimum Gasteiger partial charge on any atom is -0.319 e. The topological polar surface area (TPSA) is 92.2 Å². The van der Waals surface area contributed by atoms with Gasteiger partial charge in [0.15, 0.2) is 0 Å². The van der Waals surface area contributed by atoms with E-state index in [-0.39, 0.29) is 11.3 Å². The molecule has 0 aliphatic rings. The summed E-state index contributed by atoms with van der Waals surface area (Å²) in [5.41, 5.74) is 1.20. The van der Waals surface area contributed by atoms with Crippen LogP contribution in [0.15, 0.2) is 47.7 Å². The van der Waals surface area contributed by atoms with Crippen LogP contribution in [-0.4, -0.2) is 25.5 Å². The first-order chi connectivity index (χ1) is 9.22. The van der Waals surface area contributed by atoms with Gasteiger partial charge in [-0.3, -0.25) is 9.59 Å². The van der Waals surface area contributed by atoms with Gasteiger partial charge in [-0.05, 0) is 18.2 Å². The van der Waals surface area contributed by atoms with E-state index >= 15 is 0 Å². The lowest BCUT2D eigenvalue weighted by molar-refractivity contribution is 0.102. The molecule has 0 aliphatic carbocycles. The van der Waals surface area contributed by atoms with Crippen LogP contribution in [0.3, 0.4) is 0 Å². The number of hydrogen-bond donors (Lipinski definition) is 2. The van der Waals surface area contributed by atoms with Crippen LogP contribution in [-0.2, 0) is 0 Å². The van der Waals surface area contributed by atoms with Crippen molar-refractivity contribution in [3.8, 4) is 0 Å². The lowest BCUT2D eigenvalue weighted by Gasteiger charge is -2.04. The van der Waals surface area contributed by atoms with E-state index in [0.29, 0.717) is 5.69 Å². The monoisotopic (exact) mass is 255 g/mol. The van der Waals surface area contributed by atoms with E-state index in [9.17, 15) is 9.59 Å². The Hall–Kier alpha value is -2.96. The highest BCUT2D eigenvalue weighted by molar-refractivity contribution is 6.02. The molecule has 2 N–H and O–H groups in total. The molecule has 0 unspecified atom stereocenters. The molecule has 0 atom stereocenters. The van der Waals surface area contributed by atoms with Crippen LogP contribution in [0.1, 0.15) is 10.5 Å². The Balaban J connectivity index is 1.85. The summed E-state index contributed by atoms with van der Waals surface area (Å²) in [6.07, 6.45) is 5.19. The molecular formula is C12H9N5O2. The van der Waals surface area contributed by atoms with Crippen molar-refractivity contribution in [2.45, 2.75) is 0 Å². The molecule has 7 heteroatoms. The molecule has 0 saturated heterocycles.